The number of aliphatic imine (C=N–C) groups is 1. The number of guanidine groups is 1. The quantitative estimate of drug-likeness (QED) is 0.283. The monoisotopic (exact) mass is 577 g/mol. The van der Waals surface area contributed by atoms with Gasteiger partial charge in [0.1, 0.15) is 18.4 Å². The Balaban J connectivity index is 1.24. The van der Waals surface area contributed by atoms with Crippen LogP contribution in [0.25, 0.3) is 11.4 Å². The molecule has 3 fully saturated rings. The Labute approximate surface area is 237 Å². The first-order chi connectivity index (χ1) is 19.8. The van der Waals surface area contributed by atoms with E-state index in [0.29, 0.717) is 18.9 Å². The van der Waals surface area contributed by atoms with Gasteiger partial charge in [0, 0.05) is 12.1 Å². The topological polar surface area (TPSA) is 116 Å². The van der Waals surface area contributed by atoms with Crippen molar-refractivity contribution in [3.63, 3.8) is 0 Å². The fourth-order valence-electron chi connectivity index (χ4n) is 6.08. The Hall–Kier alpha value is -3.15. The number of likely N-dealkylation sites (tertiary alicyclic amines) is 1. The Morgan fingerprint density at radius 3 is 2.59 bits per heavy atom. The number of carbonyl (C=O) groups excluding carboxylic acids is 1. The second-order valence-corrected chi connectivity index (χ2v) is 11.2. The van der Waals surface area contributed by atoms with Crippen LogP contribution in [0.15, 0.2) is 27.7 Å². The van der Waals surface area contributed by atoms with Crippen molar-refractivity contribution < 1.29 is 32.0 Å². The van der Waals surface area contributed by atoms with Gasteiger partial charge in [0.05, 0.1) is 18.3 Å². The summed E-state index contributed by atoms with van der Waals surface area (Å²) in [6, 6.07) is 3.38. The van der Waals surface area contributed by atoms with E-state index in [1.807, 2.05) is 0 Å². The SMILES string of the molecule is NC(=NC(=O)COC1CCCC1)N1CCC[C@H]1c1nc(-c2ccc(OCCC3CCCCC3)c(C(F)(F)F)c2)no1. The third-order valence-electron chi connectivity index (χ3n) is 8.31. The zero-order valence-corrected chi connectivity index (χ0v) is 23.2. The van der Waals surface area contributed by atoms with Gasteiger partial charge >= 0.3 is 6.18 Å². The molecule has 41 heavy (non-hydrogen) atoms. The second kappa shape index (κ2) is 13.2. The van der Waals surface area contributed by atoms with E-state index in [1.54, 1.807) is 4.90 Å². The Bertz CT molecular complexity index is 1210. The molecule has 0 spiro atoms. The van der Waals surface area contributed by atoms with E-state index in [0.717, 1.165) is 57.4 Å². The number of carbonyl (C=O) groups is 1. The minimum absolute atomic E-state index is 0.0290. The molecule has 224 valence electrons. The van der Waals surface area contributed by atoms with Gasteiger partial charge in [0.25, 0.3) is 5.91 Å². The van der Waals surface area contributed by atoms with E-state index in [9.17, 15) is 18.0 Å². The molecule has 1 amide bonds. The highest BCUT2D eigenvalue weighted by Gasteiger charge is 2.36. The number of rotatable bonds is 9. The molecule has 1 aromatic heterocycles. The van der Waals surface area contributed by atoms with Crippen LogP contribution in [0.5, 0.6) is 5.75 Å². The van der Waals surface area contributed by atoms with Crippen LogP contribution in [0.4, 0.5) is 13.2 Å². The van der Waals surface area contributed by atoms with Gasteiger partial charge in [-0.05, 0) is 56.2 Å². The molecule has 1 aromatic carbocycles. The van der Waals surface area contributed by atoms with Crippen molar-refractivity contribution in [2.75, 3.05) is 19.8 Å². The normalized spacial score (nSPS) is 21.1. The van der Waals surface area contributed by atoms with Gasteiger partial charge in [0.2, 0.25) is 11.7 Å². The first-order valence-corrected chi connectivity index (χ1v) is 14.7. The van der Waals surface area contributed by atoms with Crippen molar-refractivity contribution >= 4 is 11.9 Å². The van der Waals surface area contributed by atoms with Gasteiger partial charge < -0.3 is 24.6 Å². The number of halogens is 3. The first-order valence-electron chi connectivity index (χ1n) is 14.7. The largest absolute Gasteiger partial charge is 0.493 e. The minimum atomic E-state index is -4.61. The Morgan fingerprint density at radius 1 is 1.07 bits per heavy atom. The van der Waals surface area contributed by atoms with E-state index in [1.165, 1.54) is 31.4 Å². The van der Waals surface area contributed by atoms with Crippen molar-refractivity contribution in [3.05, 3.63) is 29.7 Å². The minimum Gasteiger partial charge on any atom is -0.493 e. The molecule has 2 saturated carbocycles. The van der Waals surface area contributed by atoms with Gasteiger partial charge in [0.15, 0.2) is 5.96 Å². The molecule has 5 rings (SSSR count). The maximum Gasteiger partial charge on any atom is 0.419 e. The third kappa shape index (κ3) is 7.58. The van der Waals surface area contributed by atoms with Crippen molar-refractivity contribution in [3.8, 4) is 17.1 Å². The fraction of sp³-hybridized carbons (Fsp3) is 0.655. The van der Waals surface area contributed by atoms with E-state index in [2.05, 4.69) is 15.1 Å². The van der Waals surface area contributed by atoms with Crippen molar-refractivity contribution in [1.29, 1.82) is 0 Å². The summed E-state index contributed by atoms with van der Waals surface area (Å²) in [6.07, 6.45) is 7.46. The lowest BCUT2D eigenvalue weighted by molar-refractivity contribution is -0.139. The van der Waals surface area contributed by atoms with Gasteiger partial charge in [-0.2, -0.15) is 23.1 Å². The summed E-state index contributed by atoms with van der Waals surface area (Å²) in [5.41, 5.74) is 5.44. The summed E-state index contributed by atoms with van der Waals surface area (Å²) in [7, 11) is 0. The number of nitrogens with two attached hydrogens (primary N) is 1. The number of benzene rings is 1. The maximum absolute atomic E-state index is 13.9. The predicted octanol–water partition coefficient (Wildman–Crippen LogP) is 6.04. The summed E-state index contributed by atoms with van der Waals surface area (Å²) in [5, 5.41) is 3.95. The number of nitrogens with zero attached hydrogens (tertiary/aromatic N) is 4. The van der Waals surface area contributed by atoms with E-state index < -0.39 is 23.7 Å². The molecule has 1 saturated heterocycles. The zero-order valence-electron chi connectivity index (χ0n) is 23.2. The third-order valence-corrected chi connectivity index (χ3v) is 8.31. The summed E-state index contributed by atoms with van der Waals surface area (Å²) < 4.78 is 58.5. The lowest BCUT2D eigenvalue weighted by Crippen LogP contribution is -2.38. The molecule has 1 atom stereocenters. The lowest BCUT2D eigenvalue weighted by Gasteiger charge is -2.22. The number of hydrogen-bond acceptors (Lipinski definition) is 6. The molecule has 2 heterocycles. The average molecular weight is 578 g/mol. The average Bonchev–Trinajstić information content (AvgIpc) is 3.74. The van der Waals surface area contributed by atoms with Crippen molar-refractivity contribution in [2.45, 2.75) is 95.4 Å². The molecule has 0 bridgehead atoms. The molecule has 0 unspecified atom stereocenters. The molecule has 9 nitrogen and oxygen atoms in total. The molecule has 2 aliphatic carbocycles. The van der Waals surface area contributed by atoms with Gasteiger partial charge in [-0.1, -0.05) is 50.1 Å². The molecule has 0 radical (unpaired) electrons. The van der Waals surface area contributed by atoms with E-state index in [4.69, 9.17) is 19.7 Å². The van der Waals surface area contributed by atoms with Crippen LogP contribution >= 0.6 is 0 Å². The maximum atomic E-state index is 13.9. The summed E-state index contributed by atoms with van der Waals surface area (Å²) in [4.78, 5) is 22.4. The Morgan fingerprint density at radius 2 is 1.83 bits per heavy atom. The van der Waals surface area contributed by atoms with Gasteiger partial charge in [-0.3, -0.25) is 4.79 Å². The second-order valence-electron chi connectivity index (χ2n) is 11.2. The van der Waals surface area contributed by atoms with Crippen molar-refractivity contribution in [2.24, 2.45) is 16.6 Å². The zero-order chi connectivity index (χ0) is 28.8. The predicted molar refractivity (Wildman–Crippen MR) is 145 cm³/mol. The van der Waals surface area contributed by atoms with Crippen LogP contribution in [0.2, 0.25) is 0 Å². The van der Waals surface area contributed by atoms with Crippen LogP contribution < -0.4 is 10.5 Å². The first kappa shape index (κ1) is 29.3. The molecular weight excluding hydrogens is 539 g/mol. The van der Waals surface area contributed by atoms with Crippen LogP contribution in [-0.4, -0.2) is 52.8 Å². The highest BCUT2D eigenvalue weighted by Crippen LogP contribution is 2.39. The number of ether oxygens (including phenoxy) is 2. The van der Waals surface area contributed by atoms with Crippen LogP contribution in [0, 0.1) is 5.92 Å². The molecule has 3 aliphatic rings. The standard InChI is InChI=1S/C29H38F3N5O4/c30-29(31,32)22-17-20(12-13-24(22)39-16-14-19-7-2-1-3-8-19)26-35-27(41-36-26)23-11-6-15-37(23)28(33)34-25(38)18-40-21-9-4-5-10-21/h12-13,17,19,21,23H,1-11,14-16,18H2,(H2,33,34,38)/t23-/m0/s1. The molecule has 2 N–H and O–H groups in total. The van der Waals surface area contributed by atoms with Crippen LogP contribution in [-0.2, 0) is 15.7 Å². The molecule has 1 aliphatic heterocycles. The molecular formula is C29H38F3N5O4. The van der Waals surface area contributed by atoms with Crippen LogP contribution in [0.1, 0.15) is 94.5 Å². The summed E-state index contributed by atoms with van der Waals surface area (Å²) in [6.45, 7) is 0.644. The van der Waals surface area contributed by atoms with Gasteiger partial charge in [-0.25, -0.2) is 0 Å². The number of alkyl halides is 3. The Kier molecular flexibility index (Phi) is 9.46. The lowest BCUT2D eigenvalue weighted by atomic mass is 9.87. The molecule has 12 heteroatoms. The number of amides is 1. The van der Waals surface area contributed by atoms with E-state index >= 15 is 0 Å². The highest BCUT2D eigenvalue weighted by molar-refractivity contribution is 5.93. The van der Waals surface area contributed by atoms with Gasteiger partial charge in [-0.15, -0.1) is 0 Å². The highest BCUT2D eigenvalue weighted by atomic mass is 19.4. The van der Waals surface area contributed by atoms with Crippen molar-refractivity contribution in [1.82, 2.24) is 15.0 Å². The molecule has 2 aromatic rings. The van der Waals surface area contributed by atoms with Crippen LogP contribution in [0.3, 0.4) is 0 Å². The fourth-order valence-corrected chi connectivity index (χ4v) is 6.08. The number of hydrogen-bond donors (Lipinski definition) is 1. The smallest absolute Gasteiger partial charge is 0.419 e. The number of aromatic nitrogens is 2. The summed E-state index contributed by atoms with van der Waals surface area (Å²) >= 11 is 0. The van der Waals surface area contributed by atoms with E-state index in [-0.39, 0.29) is 48.3 Å². The summed E-state index contributed by atoms with van der Waals surface area (Å²) in [5.74, 6) is 0.101.